The van der Waals surface area contributed by atoms with Crippen molar-refractivity contribution >= 4 is 40.8 Å². The molecule has 0 radical (unpaired) electrons. The van der Waals surface area contributed by atoms with Gasteiger partial charge in [-0.1, -0.05) is 52.0 Å². The molecule has 2 aromatic carbocycles. The molecule has 4 aliphatic rings. The van der Waals surface area contributed by atoms with E-state index in [2.05, 4.69) is 31.1 Å². The van der Waals surface area contributed by atoms with E-state index in [1.807, 2.05) is 42.2 Å². The number of urea groups is 1. The number of aryl methyl sites for hydroxylation is 2. The summed E-state index contributed by atoms with van der Waals surface area (Å²) >= 11 is 0. The Morgan fingerprint density at radius 1 is 0.898 bits per heavy atom. The van der Waals surface area contributed by atoms with Gasteiger partial charge >= 0.3 is 23.8 Å². The monoisotopic (exact) mass is 818 g/mol. The zero-order valence-electron chi connectivity index (χ0n) is 35.0. The van der Waals surface area contributed by atoms with E-state index in [1.54, 1.807) is 22.9 Å². The standard InChI is InChI=1S/C33H41N5O6.C11H21NO2.CH4/c1-21-8-13-36(14-9-21)30(39)28(20-23-18-22(2)29-27(19-23)43-32(41)35(29)3)44-33(42)37-15-11-25(12-16-37)38-17-10-24-6-4-5-7-26(24)34-31(38)40;1-3-4-9-14-11(13)10-5-7-12(2)8-6-10;/h4-7,18-19,21,25,28H,8-17,20H2,1-3H3,(H,34,40);10H,3-9H2,1-2H3;1H4/t28-;;/m1../s1. The average Bonchev–Trinajstić information content (AvgIpc) is 3.39. The molecule has 4 amide bonds. The van der Waals surface area contributed by atoms with Crippen molar-refractivity contribution in [3.8, 4) is 0 Å². The lowest BCUT2D eigenvalue weighted by Gasteiger charge is -2.38. The van der Waals surface area contributed by atoms with E-state index in [-0.39, 0.29) is 43.7 Å². The quantitative estimate of drug-likeness (QED) is 0.186. The number of amides is 4. The van der Waals surface area contributed by atoms with Gasteiger partial charge in [-0.2, -0.15) is 0 Å². The molecule has 3 aromatic rings. The maximum Gasteiger partial charge on any atom is 0.419 e. The highest BCUT2D eigenvalue weighted by Crippen LogP contribution is 2.27. The van der Waals surface area contributed by atoms with E-state index in [4.69, 9.17) is 13.9 Å². The van der Waals surface area contributed by atoms with Gasteiger partial charge in [0.15, 0.2) is 11.7 Å². The Kier molecular flexibility index (Phi) is 16.0. The molecule has 5 heterocycles. The Hall–Kier alpha value is -4.85. The van der Waals surface area contributed by atoms with Gasteiger partial charge in [-0.3, -0.25) is 14.2 Å². The van der Waals surface area contributed by atoms with Crippen LogP contribution in [0.1, 0.15) is 89.3 Å². The molecule has 14 nitrogen and oxygen atoms in total. The molecule has 324 valence electrons. The topological polar surface area (TPSA) is 147 Å². The molecule has 14 heteroatoms. The fourth-order valence-corrected chi connectivity index (χ4v) is 8.50. The number of carbonyl (C=O) groups is 4. The number of unbranched alkanes of at least 4 members (excludes halogenated alkanes) is 1. The van der Waals surface area contributed by atoms with Crippen LogP contribution in [0.25, 0.3) is 11.1 Å². The number of fused-ring (bicyclic) bond motifs is 2. The largest absolute Gasteiger partial charge is 0.465 e. The van der Waals surface area contributed by atoms with Gasteiger partial charge in [0, 0.05) is 57.9 Å². The molecule has 0 bridgehead atoms. The fourth-order valence-electron chi connectivity index (χ4n) is 8.50. The van der Waals surface area contributed by atoms with Crippen LogP contribution in [-0.4, -0.2) is 120 Å². The number of nitrogens with one attached hydrogen (secondary N) is 1. The van der Waals surface area contributed by atoms with Gasteiger partial charge in [0.1, 0.15) is 0 Å². The molecule has 3 fully saturated rings. The van der Waals surface area contributed by atoms with Crippen LogP contribution in [0, 0.1) is 18.8 Å². The molecule has 59 heavy (non-hydrogen) atoms. The van der Waals surface area contributed by atoms with Crippen molar-refractivity contribution in [1.29, 1.82) is 0 Å². The third kappa shape index (κ3) is 11.5. The summed E-state index contributed by atoms with van der Waals surface area (Å²) in [4.78, 5) is 71.5. The maximum absolute atomic E-state index is 13.8. The Labute approximate surface area is 349 Å². The van der Waals surface area contributed by atoms with Gasteiger partial charge < -0.3 is 38.8 Å². The third-order valence-corrected chi connectivity index (χ3v) is 12.3. The second-order valence-corrected chi connectivity index (χ2v) is 16.6. The number of hydrogen-bond donors (Lipinski definition) is 1. The number of ether oxygens (including phenoxy) is 2. The van der Waals surface area contributed by atoms with Crippen molar-refractivity contribution < 1.29 is 33.1 Å². The van der Waals surface area contributed by atoms with Gasteiger partial charge in [0.2, 0.25) is 0 Å². The number of oxazole rings is 1. The van der Waals surface area contributed by atoms with Crippen LogP contribution in [-0.2, 0) is 39.0 Å². The van der Waals surface area contributed by atoms with Crippen molar-refractivity contribution in [3.63, 3.8) is 0 Å². The van der Waals surface area contributed by atoms with Crippen molar-refractivity contribution in [2.75, 3.05) is 64.8 Å². The number of esters is 1. The van der Waals surface area contributed by atoms with E-state index in [9.17, 15) is 24.0 Å². The Morgan fingerprint density at radius 2 is 1.58 bits per heavy atom. The zero-order valence-corrected chi connectivity index (χ0v) is 35.0. The van der Waals surface area contributed by atoms with Crippen molar-refractivity contribution in [2.24, 2.45) is 18.9 Å². The highest BCUT2D eigenvalue weighted by molar-refractivity contribution is 5.91. The molecule has 1 atom stereocenters. The normalized spacial score (nSPS) is 18.8. The second kappa shape index (κ2) is 20.9. The summed E-state index contributed by atoms with van der Waals surface area (Å²) in [6, 6.07) is 11.4. The first-order valence-corrected chi connectivity index (χ1v) is 21.3. The van der Waals surface area contributed by atoms with Crippen LogP contribution in [0.5, 0.6) is 0 Å². The number of aromatic nitrogens is 1. The highest BCUT2D eigenvalue weighted by atomic mass is 16.6. The molecule has 3 saturated heterocycles. The maximum atomic E-state index is 13.8. The van der Waals surface area contributed by atoms with Gasteiger partial charge in [-0.25, -0.2) is 14.4 Å². The Balaban J connectivity index is 0.000000376. The smallest absolute Gasteiger partial charge is 0.419 e. The number of piperidine rings is 3. The summed E-state index contributed by atoms with van der Waals surface area (Å²) in [7, 11) is 3.76. The minimum atomic E-state index is -1.00. The number of carbonyl (C=O) groups excluding carboxylic acids is 4. The van der Waals surface area contributed by atoms with E-state index in [0.29, 0.717) is 69.2 Å². The number of rotatable bonds is 9. The van der Waals surface area contributed by atoms with Crippen LogP contribution in [0.4, 0.5) is 15.3 Å². The van der Waals surface area contributed by atoms with Crippen molar-refractivity contribution in [2.45, 2.75) is 105 Å². The molecule has 1 N–H and O–H groups in total. The molecule has 1 aromatic heterocycles. The molecule has 0 aliphatic carbocycles. The number of para-hydroxylation sites is 1. The van der Waals surface area contributed by atoms with Gasteiger partial charge in [0.05, 0.1) is 18.0 Å². The van der Waals surface area contributed by atoms with E-state index in [1.165, 1.54) is 4.57 Å². The second-order valence-electron chi connectivity index (χ2n) is 16.6. The van der Waals surface area contributed by atoms with Crippen molar-refractivity contribution in [3.05, 3.63) is 63.6 Å². The minimum absolute atomic E-state index is 0. The van der Waals surface area contributed by atoms with Crippen LogP contribution in [0.15, 0.2) is 45.6 Å². The number of benzene rings is 2. The number of anilines is 1. The summed E-state index contributed by atoms with van der Waals surface area (Å²) in [6.45, 7) is 11.6. The lowest BCUT2D eigenvalue weighted by Crippen LogP contribution is -2.51. The summed E-state index contributed by atoms with van der Waals surface area (Å²) in [5.74, 6) is 0.0722. The van der Waals surface area contributed by atoms with E-state index >= 15 is 0 Å². The van der Waals surface area contributed by atoms with Crippen LogP contribution in [0.2, 0.25) is 0 Å². The first-order valence-electron chi connectivity index (χ1n) is 21.3. The number of hydrogen-bond acceptors (Lipinski definition) is 9. The third-order valence-electron chi connectivity index (χ3n) is 12.3. The molecular weight excluding hydrogens is 753 g/mol. The summed E-state index contributed by atoms with van der Waals surface area (Å²) in [5, 5.41) is 3.03. The molecule has 0 unspecified atom stereocenters. The van der Waals surface area contributed by atoms with Crippen LogP contribution < -0.4 is 11.1 Å². The molecule has 7 rings (SSSR count). The summed E-state index contributed by atoms with van der Waals surface area (Å²) < 4.78 is 18.1. The lowest BCUT2D eigenvalue weighted by molar-refractivity contribution is -0.150. The molecule has 0 spiro atoms. The molecular formula is C45H66N6O8. The highest BCUT2D eigenvalue weighted by Gasteiger charge is 2.35. The first-order chi connectivity index (χ1) is 27.9. The number of nitrogens with zero attached hydrogens (tertiary/aromatic N) is 5. The predicted molar refractivity (Wildman–Crippen MR) is 228 cm³/mol. The van der Waals surface area contributed by atoms with Crippen LogP contribution >= 0.6 is 0 Å². The Morgan fingerprint density at radius 3 is 2.27 bits per heavy atom. The summed E-state index contributed by atoms with van der Waals surface area (Å²) in [5.41, 5.74) is 4.72. The van der Waals surface area contributed by atoms with Gasteiger partial charge in [-0.15, -0.1) is 0 Å². The number of likely N-dealkylation sites (tertiary alicyclic amines) is 3. The summed E-state index contributed by atoms with van der Waals surface area (Å²) in [6.07, 6.45) is 6.49. The van der Waals surface area contributed by atoms with Crippen molar-refractivity contribution in [1.82, 2.24) is 24.2 Å². The zero-order chi connectivity index (χ0) is 41.3. The van der Waals surface area contributed by atoms with Crippen LogP contribution in [0.3, 0.4) is 0 Å². The van der Waals surface area contributed by atoms with Gasteiger partial charge in [-0.05, 0) is 113 Å². The van der Waals surface area contributed by atoms with Gasteiger partial charge in [0.25, 0.3) is 5.91 Å². The molecule has 0 saturated carbocycles. The lowest BCUT2D eigenvalue weighted by atomic mass is 9.97. The predicted octanol–water partition coefficient (Wildman–Crippen LogP) is 6.61. The minimum Gasteiger partial charge on any atom is -0.465 e. The van der Waals surface area contributed by atoms with E-state index < -0.39 is 18.0 Å². The average molecular weight is 819 g/mol. The first kappa shape index (κ1) is 45.2. The fraction of sp³-hybridized carbons (Fsp3) is 0.622. The Bertz CT molecular complexity index is 1950. The van der Waals surface area contributed by atoms with E-state index in [0.717, 1.165) is 80.4 Å². The SMILES string of the molecule is C.CCCCOC(=O)C1CCN(C)CC1.Cc1cc(C[C@@H](OC(=O)N2CCC(N3CCc4ccccc4NC3=O)CC2)C(=O)N2CCC(C)CC2)cc2oc(=O)n(C)c12. The molecule has 4 aliphatic heterocycles.